The number of fused-ring (bicyclic) bond motifs is 1. The Balaban J connectivity index is 1.73. The quantitative estimate of drug-likeness (QED) is 0.809. The van der Waals surface area contributed by atoms with Crippen molar-refractivity contribution in [1.82, 2.24) is 9.55 Å². The van der Waals surface area contributed by atoms with Gasteiger partial charge in [-0.25, -0.2) is 9.78 Å². The number of methoxy groups -OCH3 is 1. The van der Waals surface area contributed by atoms with Gasteiger partial charge in [0.05, 0.1) is 13.4 Å². The van der Waals surface area contributed by atoms with Crippen LogP contribution in [0.25, 0.3) is 0 Å². The molecule has 0 N–H and O–H groups in total. The maximum Gasteiger partial charge on any atom is 0.348 e. The SMILES string of the molecule is COC(=O)c1cc2c(s1)CCC(Cn1ccnc1)C2. The lowest BCUT2D eigenvalue weighted by Crippen LogP contribution is -2.17. The fourth-order valence-corrected chi connectivity index (χ4v) is 3.78. The number of esters is 1. The van der Waals surface area contributed by atoms with Gasteiger partial charge in [0.15, 0.2) is 0 Å². The molecule has 0 amide bonds. The molecule has 0 bridgehead atoms. The number of aryl methyl sites for hydroxylation is 1. The Morgan fingerprint density at radius 3 is 3.26 bits per heavy atom. The third kappa shape index (κ3) is 2.56. The molecule has 0 saturated heterocycles. The summed E-state index contributed by atoms with van der Waals surface area (Å²) in [5.41, 5.74) is 1.32. The number of carbonyl (C=O) groups is 1. The van der Waals surface area contributed by atoms with Crippen LogP contribution in [-0.2, 0) is 24.1 Å². The number of hydrogen-bond acceptors (Lipinski definition) is 4. The zero-order valence-electron chi connectivity index (χ0n) is 10.8. The van der Waals surface area contributed by atoms with E-state index in [0.717, 1.165) is 24.3 Å². The summed E-state index contributed by atoms with van der Waals surface area (Å²) in [6.45, 7) is 1.00. The van der Waals surface area contributed by atoms with Crippen molar-refractivity contribution in [3.63, 3.8) is 0 Å². The summed E-state index contributed by atoms with van der Waals surface area (Å²) in [6, 6.07) is 2.01. The fourth-order valence-electron chi connectivity index (χ4n) is 2.65. The number of hydrogen-bond donors (Lipinski definition) is 0. The van der Waals surface area contributed by atoms with Gasteiger partial charge in [-0.15, -0.1) is 11.3 Å². The molecule has 1 atom stereocenters. The molecule has 0 aromatic carbocycles. The minimum Gasteiger partial charge on any atom is -0.465 e. The van der Waals surface area contributed by atoms with Crippen molar-refractivity contribution < 1.29 is 9.53 Å². The molecule has 2 heterocycles. The molecule has 0 spiro atoms. The molecule has 1 aliphatic rings. The van der Waals surface area contributed by atoms with Crippen LogP contribution < -0.4 is 0 Å². The zero-order chi connectivity index (χ0) is 13.2. The van der Waals surface area contributed by atoms with Gasteiger partial charge < -0.3 is 9.30 Å². The molecule has 0 aliphatic heterocycles. The summed E-state index contributed by atoms with van der Waals surface area (Å²) in [5, 5.41) is 0. The van der Waals surface area contributed by atoms with E-state index in [1.807, 2.05) is 24.8 Å². The van der Waals surface area contributed by atoms with Gasteiger partial charge in [0, 0.05) is 23.8 Å². The molecule has 1 unspecified atom stereocenters. The molecule has 3 rings (SSSR count). The highest BCUT2D eigenvalue weighted by Gasteiger charge is 2.23. The Hall–Kier alpha value is -1.62. The van der Waals surface area contributed by atoms with E-state index in [1.165, 1.54) is 24.0 Å². The number of aromatic nitrogens is 2. The van der Waals surface area contributed by atoms with E-state index in [0.29, 0.717) is 5.92 Å². The minimum atomic E-state index is -0.217. The summed E-state index contributed by atoms with van der Waals surface area (Å²) in [6.07, 6.45) is 8.96. The van der Waals surface area contributed by atoms with E-state index in [4.69, 9.17) is 4.74 Å². The highest BCUT2D eigenvalue weighted by molar-refractivity contribution is 7.14. The lowest BCUT2D eigenvalue weighted by Gasteiger charge is -2.22. The van der Waals surface area contributed by atoms with Crippen LogP contribution in [0, 0.1) is 5.92 Å². The zero-order valence-corrected chi connectivity index (χ0v) is 11.7. The summed E-state index contributed by atoms with van der Waals surface area (Å²) >= 11 is 1.58. The number of carbonyl (C=O) groups excluding carboxylic acids is 1. The summed E-state index contributed by atoms with van der Waals surface area (Å²) in [5.74, 6) is 0.410. The third-order valence-electron chi connectivity index (χ3n) is 3.60. The van der Waals surface area contributed by atoms with Crippen molar-refractivity contribution in [2.75, 3.05) is 7.11 Å². The topological polar surface area (TPSA) is 44.1 Å². The van der Waals surface area contributed by atoms with Crippen LogP contribution in [0.4, 0.5) is 0 Å². The highest BCUT2D eigenvalue weighted by atomic mass is 32.1. The molecular formula is C14H16N2O2S. The number of ether oxygens (including phenoxy) is 1. The average molecular weight is 276 g/mol. The van der Waals surface area contributed by atoms with E-state index < -0.39 is 0 Å². The predicted octanol–water partition coefficient (Wildman–Crippen LogP) is 2.54. The van der Waals surface area contributed by atoms with E-state index >= 15 is 0 Å². The van der Waals surface area contributed by atoms with Crippen molar-refractivity contribution in [2.45, 2.75) is 25.8 Å². The second-order valence-corrected chi connectivity index (χ2v) is 6.06. The van der Waals surface area contributed by atoms with Crippen LogP contribution in [0.15, 0.2) is 24.8 Å². The first-order valence-electron chi connectivity index (χ1n) is 6.42. The largest absolute Gasteiger partial charge is 0.465 e. The summed E-state index contributed by atoms with van der Waals surface area (Å²) in [4.78, 5) is 17.7. The normalized spacial score (nSPS) is 18.1. The van der Waals surface area contributed by atoms with Gasteiger partial charge in [-0.3, -0.25) is 0 Å². The maximum absolute atomic E-state index is 11.5. The molecule has 0 fully saturated rings. The van der Waals surface area contributed by atoms with Gasteiger partial charge in [0.2, 0.25) is 0 Å². The van der Waals surface area contributed by atoms with Crippen LogP contribution in [0.3, 0.4) is 0 Å². The lowest BCUT2D eigenvalue weighted by atomic mass is 9.88. The van der Waals surface area contributed by atoms with E-state index in [-0.39, 0.29) is 5.97 Å². The van der Waals surface area contributed by atoms with Crippen molar-refractivity contribution in [1.29, 1.82) is 0 Å². The Morgan fingerprint density at radius 2 is 2.53 bits per heavy atom. The first-order chi connectivity index (χ1) is 9.26. The predicted molar refractivity (Wildman–Crippen MR) is 73.4 cm³/mol. The van der Waals surface area contributed by atoms with Gasteiger partial charge in [0.1, 0.15) is 4.88 Å². The van der Waals surface area contributed by atoms with Gasteiger partial charge in [-0.2, -0.15) is 0 Å². The van der Waals surface area contributed by atoms with E-state index in [9.17, 15) is 4.79 Å². The fraction of sp³-hybridized carbons (Fsp3) is 0.429. The molecule has 2 aromatic rings. The van der Waals surface area contributed by atoms with Crippen LogP contribution >= 0.6 is 11.3 Å². The molecule has 100 valence electrons. The molecule has 5 heteroatoms. The Bertz CT molecular complexity index is 574. The number of nitrogens with zero attached hydrogens (tertiary/aromatic N) is 2. The number of imidazole rings is 1. The first kappa shape index (κ1) is 12.4. The summed E-state index contributed by atoms with van der Waals surface area (Å²) in [7, 11) is 1.43. The maximum atomic E-state index is 11.5. The summed E-state index contributed by atoms with van der Waals surface area (Å²) < 4.78 is 6.91. The van der Waals surface area contributed by atoms with Crippen LogP contribution in [0.5, 0.6) is 0 Å². The third-order valence-corrected chi connectivity index (χ3v) is 4.82. The molecular weight excluding hydrogens is 260 g/mol. The molecule has 0 radical (unpaired) electrons. The van der Waals surface area contributed by atoms with Crippen molar-refractivity contribution in [3.8, 4) is 0 Å². The van der Waals surface area contributed by atoms with Crippen molar-refractivity contribution >= 4 is 17.3 Å². The Morgan fingerprint density at radius 1 is 1.63 bits per heavy atom. The standard InChI is InChI=1S/C14H16N2O2S/c1-18-14(17)13-7-11-6-10(2-3-12(11)19-13)8-16-5-4-15-9-16/h4-5,7,9-10H,2-3,6,8H2,1H3. The molecule has 1 aliphatic carbocycles. The monoisotopic (exact) mass is 276 g/mol. The van der Waals surface area contributed by atoms with E-state index in [1.54, 1.807) is 11.3 Å². The molecule has 19 heavy (non-hydrogen) atoms. The average Bonchev–Trinajstić information content (AvgIpc) is 3.06. The first-order valence-corrected chi connectivity index (χ1v) is 7.23. The van der Waals surface area contributed by atoms with Crippen LogP contribution in [-0.4, -0.2) is 22.6 Å². The van der Waals surface area contributed by atoms with Gasteiger partial charge in [0.25, 0.3) is 0 Å². The Kier molecular flexibility index (Phi) is 3.38. The molecule has 4 nitrogen and oxygen atoms in total. The van der Waals surface area contributed by atoms with Crippen molar-refractivity contribution in [3.05, 3.63) is 40.1 Å². The Labute approximate surface area is 116 Å². The lowest BCUT2D eigenvalue weighted by molar-refractivity contribution is 0.0606. The number of rotatable bonds is 3. The minimum absolute atomic E-state index is 0.217. The van der Waals surface area contributed by atoms with Gasteiger partial charge in [-0.1, -0.05) is 0 Å². The highest BCUT2D eigenvalue weighted by Crippen LogP contribution is 2.33. The van der Waals surface area contributed by atoms with E-state index in [2.05, 4.69) is 9.55 Å². The molecule has 2 aromatic heterocycles. The molecule has 0 saturated carbocycles. The second kappa shape index (κ2) is 5.17. The van der Waals surface area contributed by atoms with Crippen LogP contribution in [0.2, 0.25) is 0 Å². The van der Waals surface area contributed by atoms with Gasteiger partial charge in [-0.05, 0) is 36.8 Å². The number of thiophene rings is 1. The van der Waals surface area contributed by atoms with Crippen LogP contribution in [0.1, 0.15) is 26.5 Å². The second-order valence-electron chi connectivity index (χ2n) is 4.92. The van der Waals surface area contributed by atoms with Crippen molar-refractivity contribution in [2.24, 2.45) is 5.92 Å². The van der Waals surface area contributed by atoms with Gasteiger partial charge >= 0.3 is 5.97 Å². The smallest absolute Gasteiger partial charge is 0.348 e.